The highest BCUT2D eigenvalue weighted by Gasteiger charge is 2.30. The highest BCUT2D eigenvalue weighted by Crippen LogP contribution is 2.31. The van der Waals surface area contributed by atoms with Crippen molar-refractivity contribution in [2.45, 2.75) is 12.3 Å². The van der Waals surface area contributed by atoms with Gasteiger partial charge in [-0.15, -0.1) is 0 Å². The Balaban J connectivity index is 2.79. The van der Waals surface area contributed by atoms with Crippen molar-refractivity contribution in [2.24, 2.45) is 0 Å². The van der Waals surface area contributed by atoms with Gasteiger partial charge in [-0.25, -0.2) is 0 Å². The molecule has 0 radical (unpaired) electrons. The van der Waals surface area contributed by atoms with Crippen LogP contribution in [0.25, 0.3) is 0 Å². The van der Waals surface area contributed by atoms with Gasteiger partial charge in [0.05, 0.1) is 18.3 Å². The number of hydrogen-bond acceptors (Lipinski definition) is 3. The number of aliphatic hydroxyl groups is 1. The summed E-state index contributed by atoms with van der Waals surface area (Å²) in [6, 6.07) is 5.05. The normalized spacial score (nSPS) is 13.6. The second-order valence-electron chi connectivity index (χ2n) is 3.78. The standard InChI is InChI=1S/C12H16F3NO2/c1-18-11(8-16-5-6-17)9-3-2-4-10(7-9)12(13,14)15/h2-4,7,11,16-17H,5-6,8H2,1H3. The molecule has 0 aliphatic heterocycles. The summed E-state index contributed by atoms with van der Waals surface area (Å²) in [4.78, 5) is 0. The number of rotatable bonds is 6. The van der Waals surface area contributed by atoms with Crippen molar-refractivity contribution >= 4 is 0 Å². The molecule has 0 saturated carbocycles. The van der Waals surface area contributed by atoms with E-state index in [1.807, 2.05) is 0 Å². The maximum absolute atomic E-state index is 12.6. The monoisotopic (exact) mass is 263 g/mol. The largest absolute Gasteiger partial charge is 0.416 e. The Morgan fingerprint density at radius 2 is 2.11 bits per heavy atom. The van der Waals surface area contributed by atoms with Gasteiger partial charge in [0, 0.05) is 20.2 Å². The molecular formula is C12H16F3NO2. The molecular weight excluding hydrogens is 247 g/mol. The summed E-state index contributed by atoms with van der Waals surface area (Å²) in [6.45, 7) is 0.691. The minimum Gasteiger partial charge on any atom is -0.395 e. The molecule has 6 heteroatoms. The Morgan fingerprint density at radius 3 is 2.67 bits per heavy atom. The molecule has 1 aromatic carbocycles. The fourth-order valence-electron chi connectivity index (χ4n) is 1.56. The Hall–Kier alpha value is -1.11. The van der Waals surface area contributed by atoms with Crippen LogP contribution in [0.5, 0.6) is 0 Å². The lowest BCUT2D eigenvalue weighted by atomic mass is 10.1. The summed E-state index contributed by atoms with van der Waals surface area (Å²) >= 11 is 0. The Labute approximate surface area is 104 Å². The van der Waals surface area contributed by atoms with Crippen molar-refractivity contribution in [1.29, 1.82) is 0 Å². The molecule has 1 atom stereocenters. The number of hydrogen-bond donors (Lipinski definition) is 2. The molecule has 0 aromatic heterocycles. The van der Waals surface area contributed by atoms with E-state index in [9.17, 15) is 13.2 Å². The van der Waals surface area contributed by atoms with E-state index in [4.69, 9.17) is 9.84 Å². The first kappa shape index (κ1) is 14.9. The predicted octanol–water partition coefficient (Wildman–Crippen LogP) is 1.97. The molecule has 102 valence electrons. The van der Waals surface area contributed by atoms with Crippen molar-refractivity contribution in [3.8, 4) is 0 Å². The molecule has 0 amide bonds. The van der Waals surface area contributed by atoms with E-state index in [1.54, 1.807) is 6.07 Å². The minimum atomic E-state index is -4.35. The summed E-state index contributed by atoms with van der Waals surface area (Å²) in [5, 5.41) is 11.5. The van der Waals surface area contributed by atoms with E-state index in [0.29, 0.717) is 18.7 Å². The van der Waals surface area contributed by atoms with Gasteiger partial charge >= 0.3 is 6.18 Å². The Bertz CT molecular complexity index is 369. The summed E-state index contributed by atoms with van der Waals surface area (Å²) < 4.78 is 42.8. The average Bonchev–Trinajstić information content (AvgIpc) is 2.34. The molecule has 0 fully saturated rings. The van der Waals surface area contributed by atoms with Gasteiger partial charge in [0.25, 0.3) is 0 Å². The van der Waals surface area contributed by atoms with E-state index >= 15 is 0 Å². The summed E-state index contributed by atoms with van der Waals surface area (Å²) in [7, 11) is 1.44. The van der Waals surface area contributed by atoms with Gasteiger partial charge in [-0.05, 0) is 17.7 Å². The minimum absolute atomic E-state index is 0.0287. The average molecular weight is 263 g/mol. The van der Waals surface area contributed by atoms with E-state index in [1.165, 1.54) is 13.2 Å². The van der Waals surface area contributed by atoms with Crippen LogP contribution in [0.4, 0.5) is 13.2 Å². The van der Waals surface area contributed by atoms with Gasteiger partial charge < -0.3 is 15.2 Å². The molecule has 3 nitrogen and oxygen atoms in total. The molecule has 1 aromatic rings. The van der Waals surface area contributed by atoms with E-state index in [2.05, 4.69) is 5.32 Å². The van der Waals surface area contributed by atoms with Crippen LogP contribution in [-0.4, -0.2) is 31.9 Å². The topological polar surface area (TPSA) is 41.5 Å². The smallest absolute Gasteiger partial charge is 0.395 e. The number of nitrogens with one attached hydrogen (secondary N) is 1. The van der Waals surface area contributed by atoms with Gasteiger partial charge in [-0.1, -0.05) is 12.1 Å². The van der Waals surface area contributed by atoms with Gasteiger partial charge in [-0.3, -0.25) is 0 Å². The molecule has 1 unspecified atom stereocenters. The van der Waals surface area contributed by atoms with Crippen LogP contribution in [0, 0.1) is 0 Å². The molecule has 0 aliphatic rings. The number of alkyl halides is 3. The van der Waals surface area contributed by atoms with E-state index < -0.39 is 17.8 Å². The maximum Gasteiger partial charge on any atom is 0.416 e. The van der Waals surface area contributed by atoms with Crippen molar-refractivity contribution in [1.82, 2.24) is 5.32 Å². The second-order valence-corrected chi connectivity index (χ2v) is 3.78. The third-order valence-electron chi connectivity index (χ3n) is 2.49. The summed E-state index contributed by atoms with van der Waals surface area (Å²) in [5.41, 5.74) is -0.234. The summed E-state index contributed by atoms with van der Waals surface area (Å²) in [5.74, 6) is 0. The number of methoxy groups -OCH3 is 1. The fourth-order valence-corrected chi connectivity index (χ4v) is 1.56. The predicted molar refractivity (Wildman–Crippen MR) is 61.1 cm³/mol. The molecule has 18 heavy (non-hydrogen) atoms. The first-order valence-corrected chi connectivity index (χ1v) is 5.50. The fraction of sp³-hybridized carbons (Fsp3) is 0.500. The third-order valence-corrected chi connectivity index (χ3v) is 2.49. The molecule has 0 bridgehead atoms. The third kappa shape index (κ3) is 4.29. The van der Waals surface area contributed by atoms with E-state index in [-0.39, 0.29) is 6.61 Å². The van der Waals surface area contributed by atoms with Crippen LogP contribution in [0.1, 0.15) is 17.2 Å². The highest BCUT2D eigenvalue weighted by molar-refractivity contribution is 5.27. The lowest BCUT2D eigenvalue weighted by Gasteiger charge is -2.17. The van der Waals surface area contributed by atoms with Gasteiger partial charge in [0.2, 0.25) is 0 Å². The molecule has 1 rings (SSSR count). The SMILES string of the molecule is COC(CNCCO)c1cccc(C(F)(F)F)c1. The Morgan fingerprint density at radius 1 is 1.39 bits per heavy atom. The molecule has 0 aliphatic carbocycles. The zero-order valence-electron chi connectivity index (χ0n) is 10.00. The number of benzene rings is 1. The van der Waals surface area contributed by atoms with Crippen LogP contribution in [-0.2, 0) is 10.9 Å². The summed E-state index contributed by atoms with van der Waals surface area (Å²) in [6.07, 6.45) is -4.83. The molecule has 0 spiro atoms. The van der Waals surface area contributed by atoms with Gasteiger partial charge in [0.15, 0.2) is 0 Å². The Kier molecular flexibility index (Phi) is 5.58. The molecule has 0 heterocycles. The first-order chi connectivity index (χ1) is 8.49. The van der Waals surface area contributed by atoms with Gasteiger partial charge in [0.1, 0.15) is 0 Å². The zero-order valence-corrected chi connectivity index (χ0v) is 10.00. The van der Waals surface area contributed by atoms with Gasteiger partial charge in [-0.2, -0.15) is 13.2 Å². The lowest BCUT2D eigenvalue weighted by Crippen LogP contribution is -2.25. The van der Waals surface area contributed by atoms with Crippen LogP contribution < -0.4 is 5.32 Å². The van der Waals surface area contributed by atoms with Crippen molar-refractivity contribution in [3.63, 3.8) is 0 Å². The lowest BCUT2D eigenvalue weighted by molar-refractivity contribution is -0.137. The molecule has 2 N–H and O–H groups in total. The molecule has 0 saturated heterocycles. The van der Waals surface area contributed by atoms with Crippen molar-refractivity contribution < 1.29 is 23.0 Å². The maximum atomic E-state index is 12.6. The highest BCUT2D eigenvalue weighted by atomic mass is 19.4. The van der Waals surface area contributed by atoms with Crippen molar-refractivity contribution in [2.75, 3.05) is 26.8 Å². The number of aliphatic hydroxyl groups excluding tert-OH is 1. The second kappa shape index (κ2) is 6.72. The first-order valence-electron chi connectivity index (χ1n) is 5.50. The quantitative estimate of drug-likeness (QED) is 0.771. The van der Waals surface area contributed by atoms with Crippen LogP contribution in [0.2, 0.25) is 0 Å². The van der Waals surface area contributed by atoms with Crippen LogP contribution in [0.3, 0.4) is 0 Å². The van der Waals surface area contributed by atoms with Crippen LogP contribution in [0.15, 0.2) is 24.3 Å². The van der Waals surface area contributed by atoms with E-state index in [0.717, 1.165) is 12.1 Å². The number of halogens is 3. The number of ether oxygens (including phenoxy) is 1. The zero-order chi connectivity index (χ0) is 13.6. The van der Waals surface area contributed by atoms with Crippen LogP contribution >= 0.6 is 0 Å². The van der Waals surface area contributed by atoms with Crippen molar-refractivity contribution in [3.05, 3.63) is 35.4 Å².